The van der Waals surface area contributed by atoms with E-state index in [2.05, 4.69) is 47.3 Å². The monoisotopic (exact) mass is 428 g/mol. The highest BCUT2D eigenvalue weighted by atomic mass is 16.3. The molecular formula is C29H48O2. The van der Waals surface area contributed by atoms with Crippen LogP contribution in [-0.4, -0.2) is 22.4 Å². The van der Waals surface area contributed by atoms with E-state index in [0.717, 1.165) is 31.1 Å². The van der Waals surface area contributed by atoms with Gasteiger partial charge < -0.3 is 10.2 Å². The van der Waals surface area contributed by atoms with Gasteiger partial charge in [-0.15, -0.1) is 0 Å². The Morgan fingerprint density at radius 2 is 1.84 bits per heavy atom. The number of rotatable bonds is 6. The van der Waals surface area contributed by atoms with Crippen molar-refractivity contribution in [2.24, 2.45) is 46.3 Å². The zero-order valence-corrected chi connectivity index (χ0v) is 20.9. The van der Waals surface area contributed by atoms with Gasteiger partial charge in [0.15, 0.2) is 0 Å². The van der Waals surface area contributed by atoms with E-state index < -0.39 is 0 Å². The zero-order chi connectivity index (χ0) is 22.6. The third-order valence-corrected chi connectivity index (χ3v) is 11.1. The van der Waals surface area contributed by atoms with Crippen molar-refractivity contribution in [1.29, 1.82) is 0 Å². The van der Waals surface area contributed by atoms with Crippen LogP contribution in [0.3, 0.4) is 0 Å². The van der Waals surface area contributed by atoms with Gasteiger partial charge in [-0.05, 0) is 111 Å². The summed E-state index contributed by atoms with van der Waals surface area (Å²) < 4.78 is 0. The van der Waals surface area contributed by atoms with Gasteiger partial charge in [0.1, 0.15) is 0 Å². The third-order valence-electron chi connectivity index (χ3n) is 11.1. The molecule has 4 rings (SSSR count). The molecule has 0 unspecified atom stereocenters. The number of aliphatic hydroxyl groups excluding tert-OH is 2. The van der Waals surface area contributed by atoms with E-state index in [1.807, 2.05) is 0 Å². The molecular weight excluding hydrogens is 380 g/mol. The largest absolute Gasteiger partial charge is 0.393 e. The van der Waals surface area contributed by atoms with Crippen LogP contribution in [0, 0.1) is 46.3 Å². The van der Waals surface area contributed by atoms with Gasteiger partial charge in [0, 0.05) is 0 Å². The van der Waals surface area contributed by atoms with E-state index in [1.54, 1.807) is 0 Å². The van der Waals surface area contributed by atoms with Crippen LogP contribution in [0.4, 0.5) is 0 Å². The number of aliphatic hydroxyl groups is 2. The van der Waals surface area contributed by atoms with Crippen LogP contribution >= 0.6 is 0 Å². The van der Waals surface area contributed by atoms with Gasteiger partial charge in [-0.1, -0.05) is 58.4 Å². The predicted molar refractivity (Wildman–Crippen MR) is 130 cm³/mol. The second-order valence-electron chi connectivity index (χ2n) is 12.5. The average molecular weight is 429 g/mol. The minimum absolute atomic E-state index is 0.197. The summed E-state index contributed by atoms with van der Waals surface area (Å²) in [5.74, 6) is 3.80. The van der Waals surface area contributed by atoms with E-state index in [1.165, 1.54) is 56.1 Å². The quantitative estimate of drug-likeness (QED) is 0.451. The number of fused-ring (bicyclic) bond motifs is 5. The standard InChI is InChI=1S/C29H48O2/c1-7-18(2)19(3)8-9-20(4)23-10-11-24-27-25(13-15-29(23,24)6)28(5)14-12-22(30)16-21(28)17-26(27)31/h17-18,20,22-27,30-31H,3,7-16H2,1-2,4-6H3/t18-,20+,22-,23+,24-,25-,26-,27-,28-,29+/m0/s1. The third kappa shape index (κ3) is 3.88. The molecule has 0 aliphatic heterocycles. The molecule has 2 nitrogen and oxygen atoms in total. The van der Waals surface area contributed by atoms with Crippen LogP contribution in [0.5, 0.6) is 0 Å². The summed E-state index contributed by atoms with van der Waals surface area (Å²) in [6.45, 7) is 16.5. The first-order valence-corrected chi connectivity index (χ1v) is 13.4. The molecule has 4 aliphatic rings. The van der Waals surface area contributed by atoms with Crippen molar-refractivity contribution < 1.29 is 10.2 Å². The summed E-state index contributed by atoms with van der Waals surface area (Å²) in [6, 6.07) is 0. The molecule has 0 saturated heterocycles. The lowest BCUT2D eigenvalue weighted by molar-refractivity contribution is -0.0970. The summed E-state index contributed by atoms with van der Waals surface area (Å²) in [4.78, 5) is 0. The maximum Gasteiger partial charge on any atom is 0.0757 e. The Hall–Kier alpha value is -0.600. The molecule has 0 heterocycles. The molecule has 3 saturated carbocycles. The highest BCUT2D eigenvalue weighted by Crippen LogP contribution is 2.67. The minimum atomic E-state index is -0.317. The maximum absolute atomic E-state index is 11.3. The van der Waals surface area contributed by atoms with Crippen LogP contribution in [-0.2, 0) is 0 Å². The number of allylic oxidation sites excluding steroid dienone is 1. The molecule has 31 heavy (non-hydrogen) atoms. The molecule has 0 aromatic heterocycles. The lowest BCUT2D eigenvalue weighted by Crippen LogP contribution is -2.54. The molecule has 176 valence electrons. The fourth-order valence-electron chi connectivity index (χ4n) is 8.75. The van der Waals surface area contributed by atoms with Crippen molar-refractivity contribution in [3.63, 3.8) is 0 Å². The SMILES string of the molecule is C=C(CC[C@@H](C)[C@H]1CC[C@H]2[C@@H]3[C@@H](O)C=C4C[C@@H](O)CC[C@]4(C)[C@H]3CC[C@]12C)[C@@H](C)CC. The van der Waals surface area contributed by atoms with Crippen molar-refractivity contribution in [3.8, 4) is 0 Å². The number of hydrogen-bond donors (Lipinski definition) is 2. The fraction of sp³-hybridized carbons (Fsp3) is 0.862. The van der Waals surface area contributed by atoms with Crippen LogP contribution in [0.1, 0.15) is 98.8 Å². The van der Waals surface area contributed by atoms with Crippen LogP contribution < -0.4 is 0 Å². The highest BCUT2D eigenvalue weighted by molar-refractivity contribution is 5.28. The van der Waals surface area contributed by atoms with Crippen molar-refractivity contribution >= 4 is 0 Å². The van der Waals surface area contributed by atoms with Gasteiger partial charge in [-0.3, -0.25) is 0 Å². The highest BCUT2D eigenvalue weighted by Gasteiger charge is 2.61. The maximum atomic E-state index is 11.3. The van der Waals surface area contributed by atoms with Gasteiger partial charge in [-0.2, -0.15) is 0 Å². The van der Waals surface area contributed by atoms with E-state index in [4.69, 9.17) is 0 Å². The van der Waals surface area contributed by atoms with Crippen LogP contribution in [0.15, 0.2) is 23.8 Å². The molecule has 0 radical (unpaired) electrons. The van der Waals surface area contributed by atoms with Crippen molar-refractivity contribution in [2.45, 2.75) is 111 Å². The first kappa shape index (κ1) is 23.6. The molecule has 0 amide bonds. The average Bonchev–Trinajstić information content (AvgIpc) is 3.09. The molecule has 0 aromatic carbocycles. The smallest absolute Gasteiger partial charge is 0.0757 e. The Morgan fingerprint density at radius 1 is 1.10 bits per heavy atom. The Labute approximate surface area is 191 Å². The second-order valence-corrected chi connectivity index (χ2v) is 12.5. The van der Waals surface area contributed by atoms with Gasteiger partial charge in [0.2, 0.25) is 0 Å². The lowest BCUT2D eigenvalue weighted by atomic mass is 9.46. The predicted octanol–water partition coefficient (Wildman–Crippen LogP) is 6.92. The minimum Gasteiger partial charge on any atom is -0.393 e. The van der Waals surface area contributed by atoms with Gasteiger partial charge in [0.25, 0.3) is 0 Å². The van der Waals surface area contributed by atoms with Gasteiger partial charge >= 0.3 is 0 Å². The van der Waals surface area contributed by atoms with Gasteiger partial charge in [-0.25, -0.2) is 0 Å². The van der Waals surface area contributed by atoms with E-state index in [9.17, 15) is 10.2 Å². The van der Waals surface area contributed by atoms with Crippen LogP contribution in [0.25, 0.3) is 0 Å². The lowest BCUT2D eigenvalue weighted by Gasteiger charge is -2.59. The first-order valence-electron chi connectivity index (χ1n) is 13.4. The van der Waals surface area contributed by atoms with Crippen LogP contribution in [0.2, 0.25) is 0 Å². The van der Waals surface area contributed by atoms with Gasteiger partial charge in [0.05, 0.1) is 12.2 Å². The second kappa shape index (κ2) is 8.64. The molecule has 0 bridgehead atoms. The molecule has 10 atom stereocenters. The number of hydrogen-bond acceptors (Lipinski definition) is 2. The molecule has 2 heteroatoms. The Kier molecular flexibility index (Phi) is 6.56. The summed E-state index contributed by atoms with van der Waals surface area (Å²) in [6.07, 6.45) is 13.3. The van der Waals surface area contributed by atoms with Crippen molar-refractivity contribution in [1.82, 2.24) is 0 Å². The molecule has 4 aliphatic carbocycles. The normalized spacial score (nSPS) is 46.4. The Bertz CT molecular complexity index is 710. The Morgan fingerprint density at radius 3 is 2.55 bits per heavy atom. The molecule has 0 spiro atoms. The van der Waals surface area contributed by atoms with E-state index in [0.29, 0.717) is 29.1 Å². The summed E-state index contributed by atoms with van der Waals surface area (Å²) in [5.41, 5.74) is 3.36. The fourth-order valence-corrected chi connectivity index (χ4v) is 8.75. The molecule has 2 N–H and O–H groups in total. The molecule has 0 aromatic rings. The summed E-state index contributed by atoms with van der Waals surface area (Å²) in [7, 11) is 0. The van der Waals surface area contributed by atoms with Crippen molar-refractivity contribution in [2.75, 3.05) is 0 Å². The first-order chi connectivity index (χ1) is 14.6. The van der Waals surface area contributed by atoms with E-state index in [-0.39, 0.29) is 17.6 Å². The zero-order valence-electron chi connectivity index (χ0n) is 20.9. The van der Waals surface area contributed by atoms with Crippen molar-refractivity contribution in [3.05, 3.63) is 23.8 Å². The topological polar surface area (TPSA) is 40.5 Å². The summed E-state index contributed by atoms with van der Waals surface area (Å²) >= 11 is 0. The van der Waals surface area contributed by atoms with E-state index >= 15 is 0 Å². The summed E-state index contributed by atoms with van der Waals surface area (Å²) in [5, 5.41) is 21.6. The molecule has 3 fully saturated rings. The Balaban J connectivity index is 1.51.